The molecular formula is C11H18N4OS. The number of hydrogen-bond donors (Lipinski definition) is 2. The molecule has 1 aromatic rings. The number of rotatable bonds is 6. The van der Waals surface area contributed by atoms with E-state index in [0.29, 0.717) is 10.9 Å². The van der Waals surface area contributed by atoms with Crippen molar-refractivity contribution in [1.29, 1.82) is 0 Å². The molecule has 1 atom stereocenters. The van der Waals surface area contributed by atoms with Gasteiger partial charge in [-0.1, -0.05) is 11.8 Å². The molecular weight excluding hydrogens is 236 g/mol. The fourth-order valence-electron chi connectivity index (χ4n) is 1.39. The van der Waals surface area contributed by atoms with Crippen molar-refractivity contribution in [1.82, 2.24) is 15.3 Å². The Bertz CT molecular complexity index is 371. The molecule has 5 nitrogen and oxygen atoms in total. The van der Waals surface area contributed by atoms with Gasteiger partial charge in [-0.3, -0.25) is 4.79 Å². The third kappa shape index (κ3) is 4.32. The lowest BCUT2D eigenvalue weighted by molar-refractivity contribution is -0.123. The summed E-state index contributed by atoms with van der Waals surface area (Å²) >= 11 is 1.41. The summed E-state index contributed by atoms with van der Waals surface area (Å²) in [6.45, 7) is 5.75. The van der Waals surface area contributed by atoms with Gasteiger partial charge in [-0.25, -0.2) is 9.97 Å². The largest absolute Gasteiger partial charge is 0.368 e. The van der Waals surface area contributed by atoms with Crippen LogP contribution in [0.3, 0.4) is 0 Å². The first-order valence-electron chi connectivity index (χ1n) is 5.41. The van der Waals surface area contributed by atoms with Crippen LogP contribution in [-0.4, -0.2) is 33.2 Å². The molecule has 17 heavy (non-hydrogen) atoms. The first-order valence-corrected chi connectivity index (χ1v) is 6.40. The SMILES string of the molecule is CC(C)NC(C)(CSc1ncccn1)C(N)=O. The van der Waals surface area contributed by atoms with Crippen molar-refractivity contribution in [2.24, 2.45) is 5.73 Å². The van der Waals surface area contributed by atoms with E-state index >= 15 is 0 Å². The maximum Gasteiger partial charge on any atom is 0.238 e. The van der Waals surface area contributed by atoms with Crippen LogP contribution in [0.15, 0.2) is 23.6 Å². The van der Waals surface area contributed by atoms with Crippen LogP contribution in [0.25, 0.3) is 0 Å². The van der Waals surface area contributed by atoms with Crippen LogP contribution >= 0.6 is 11.8 Å². The summed E-state index contributed by atoms with van der Waals surface area (Å²) in [5, 5.41) is 3.82. The second-order valence-electron chi connectivity index (χ2n) is 4.32. The zero-order chi connectivity index (χ0) is 12.9. The smallest absolute Gasteiger partial charge is 0.238 e. The molecule has 3 N–H and O–H groups in total. The number of nitrogens with one attached hydrogen (secondary N) is 1. The highest BCUT2D eigenvalue weighted by atomic mass is 32.2. The number of hydrogen-bond acceptors (Lipinski definition) is 5. The molecule has 0 spiro atoms. The summed E-state index contributed by atoms with van der Waals surface area (Å²) in [6, 6.07) is 1.94. The number of nitrogens with two attached hydrogens (primary N) is 1. The molecule has 0 radical (unpaired) electrons. The van der Waals surface area contributed by atoms with Gasteiger partial charge >= 0.3 is 0 Å². The Morgan fingerprint density at radius 2 is 2.12 bits per heavy atom. The van der Waals surface area contributed by atoms with Crippen LogP contribution in [0.1, 0.15) is 20.8 Å². The number of aromatic nitrogens is 2. The van der Waals surface area contributed by atoms with Crippen LogP contribution < -0.4 is 11.1 Å². The Labute approximate surface area is 106 Å². The Kier molecular flexibility index (Phi) is 4.89. The Morgan fingerprint density at radius 3 is 2.59 bits per heavy atom. The number of thioether (sulfide) groups is 1. The van der Waals surface area contributed by atoms with Crippen LogP contribution in [0, 0.1) is 0 Å². The average Bonchev–Trinajstić information content (AvgIpc) is 2.27. The molecule has 94 valence electrons. The van der Waals surface area contributed by atoms with Crippen molar-refractivity contribution < 1.29 is 4.79 Å². The maximum atomic E-state index is 11.5. The number of carbonyl (C=O) groups is 1. The quantitative estimate of drug-likeness (QED) is 0.580. The molecule has 0 saturated carbocycles. The number of carbonyl (C=O) groups excluding carboxylic acids is 1. The van der Waals surface area contributed by atoms with E-state index in [-0.39, 0.29) is 11.9 Å². The van der Waals surface area contributed by atoms with Crippen molar-refractivity contribution in [2.75, 3.05) is 5.75 Å². The van der Waals surface area contributed by atoms with Crippen molar-refractivity contribution >= 4 is 17.7 Å². The summed E-state index contributed by atoms with van der Waals surface area (Å²) in [6.07, 6.45) is 3.35. The fourth-order valence-corrected chi connectivity index (χ4v) is 2.30. The molecule has 0 aliphatic carbocycles. The topological polar surface area (TPSA) is 80.9 Å². The molecule has 6 heteroatoms. The third-order valence-electron chi connectivity index (χ3n) is 2.18. The molecule has 0 aliphatic heterocycles. The van der Waals surface area contributed by atoms with Crippen molar-refractivity contribution in [3.8, 4) is 0 Å². The highest BCUT2D eigenvalue weighted by molar-refractivity contribution is 7.99. The first-order chi connectivity index (χ1) is 7.94. The Balaban J connectivity index is 2.65. The van der Waals surface area contributed by atoms with E-state index in [0.717, 1.165) is 0 Å². The van der Waals surface area contributed by atoms with E-state index in [9.17, 15) is 4.79 Å². The summed E-state index contributed by atoms with van der Waals surface area (Å²) in [5.74, 6) is 0.138. The monoisotopic (exact) mass is 254 g/mol. The van der Waals surface area contributed by atoms with Crippen LogP contribution in [0.5, 0.6) is 0 Å². The summed E-state index contributed by atoms with van der Waals surface area (Å²) in [5.41, 5.74) is 4.68. The van der Waals surface area contributed by atoms with Gasteiger partial charge in [-0.05, 0) is 26.8 Å². The van der Waals surface area contributed by atoms with Gasteiger partial charge in [0.1, 0.15) is 5.54 Å². The van der Waals surface area contributed by atoms with Gasteiger partial charge < -0.3 is 11.1 Å². The minimum atomic E-state index is -0.752. The van der Waals surface area contributed by atoms with Gasteiger partial charge in [0.05, 0.1) is 0 Å². The number of primary amides is 1. The molecule has 1 aromatic heterocycles. The Hall–Kier alpha value is -1.14. The van der Waals surface area contributed by atoms with Crippen molar-refractivity contribution in [2.45, 2.75) is 37.5 Å². The lowest BCUT2D eigenvalue weighted by atomic mass is 10.0. The van der Waals surface area contributed by atoms with Crippen LogP contribution in [-0.2, 0) is 4.79 Å². The molecule has 1 rings (SSSR count). The average molecular weight is 254 g/mol. The zero-order valence-electron chi connectivity index (χ0n) is 10.3. The predicted octanol–water partition coefficient (Wildman–Crippen LogP) is 0.811. The standard InChI is InChI=1S/C11H18N4OS/c1-8(2)15-11(3,9(12)16)7-17-10-13-5-4-6-14-10/h4-6,8,15H,7H2,1-3H3,(H2,12,16). The summed E-state index contributed by atoms with van der Waals surface area (Å²) in [7, 11) is 0. The van der Waals surface area contributed by atoms with Crippen molar-refractivity contribution in [3.63, 3.8) is 0 Å². The summed E-state index contributed by atoms with van der Waals surface area (Å²) in [4.78, 5) is 19.7. The van der Waals surface area contributed by atoms with E-state index in [2.05, 4.69) is 15.3 Å². The predicted molar refractivity (Wildman–Crippen MR) is 68.6 cm³/mol. The van der Waals surface area contributed by atoms with E-state index in [1.807, 2.05) is 13.8 Å². The van der Waals surface area contributed by atoms with Crippen molar-refractivity contribution in [3.05, 3.63) is 18.5 Å². The van der Waals surface area contributed by atoms with Gasteiger partial charge in [-0.15, -0.1) is 0 Å². The normalized spacial score (nSPS) is 14.6. The van der Waals surface area contributed by atoms with Crippen LogP contribution in [0.2, 0.25) is 0 Å². The molecule has 0 fully saturated rings. The fraction of sp³-hybridized carbons (Fsp3) is 0.545. The van der Waals surface area contributed by atoms with Gasteiger partial charge in [0.15, 0.2) is 5.16 Å². The molecule has 0 bridgehead atoms. The van der Waals surface area contributed by atoms with Gasteiger partial charge in [0, 0.05) is 24.2 Å². The molecule has 0 aliphatic rings. The van der Waals surface area contributed by atoms with E-state index in [1.165, 1.54) is 11.8 Å². The van der Waals surface area contributed by atoms with E-state index in [1.54, 1.807) is 25.4 Å². The van der Waals surface area contributed by atoms with E-state index in [4.69, 9.17) is 5.73 Å². The number of nitrogens with zero attached hydrogens (tertiary/aromatic N) is 2. The van der Waals surface area contributed by atoms with Gasteiger partial charge in [0.2, 0.25) is 5.91 Å². The summed E-state index contributed by atoms with van der Waals surface area (Å²) < 4.78 is 0. The van der Waals surface area contributed by atoms with Gasteiger partial charge in [-0.2, -0.15) is 0 Å². The second-order valence-corrected chi connectivity index (χ2v) is 5.26. The lowest BCUT2D eigenvalue weighted by Crippen LogP contribution is -2.57. The Morgan fingerprint density at radius 1 is 1.53 bits per heavy atom. The van der Waals surface area contributed by atoms with Gasteiger partial charge in [0.25, 0.3) is 0 Å². The molecule has 0 aromatic carbocycles. The maximum absolute atomic E-state index is 11.5. The number of amides is 1. The zero-order valence-corrected chi connectivity index (χ0v) is 11.1. The minimum Gasteiger partial charge on any atom is -0.368 e. The minimum absolute atomic E-state index is 0.185. The third-order valence-corrected chi connectivity index (χ3v) is 3.37. The molecule has 1 amide bonds. The lowest BCUT2D eigenvalue weighted by Gasteiger charge is -2.29. The van der Waals surface area contributed by atoms with Crippen LogP contribution in [0.4, 0.5) is 0 Å². The molecule has 1 heterocycles. The highest BCUT2D eigenvalue weighted by Gasteiger charge is 2.31. The molecule has 1 unspecified atom stereocenters. The molecule has 0 saturated heterocycles. The first kappa shape index (κ1) is 13.9. The van der Waals surface area contributed by atoms with E-state index < -0.39 is 5.54 Å². The highest BCUT2D eigenvalue weighted by Crippen LogP contribution is 2.19. The second kappa shape index (κ2) is 5.97.